The first-order chi connectivity index (χ1) is 6.34. The topological polar surface area (TPSA) is 38.7 Å². The molecule has 0 aliphatic rings. The molecule has 0 radical (unpaired) electrons. The van der Waals surface area contributed by atoms with Crippen molar-refractivity contribution in [2.45, 2.75) is 17.0 Å². The van der Waals surface area contributed by atoms with Crippen LogP contribution in [0.2, 0.25) is 0 Å². The molecular formula is C7H7N3S3. The van der Waals surface area contributed by atoms with E-state index >= 15 is 0 Å². The van der Waals surface area contributed by atoms with Crippen LogP contribution in [0.5, 0.6) is 0 Å². The number of thioether (sulfide) groups is 1. The highest BCUT2D eigenvalue weighted by molar-refractivity contribution is 8.00. The summed E-state index contributed by atoms with van der Waals surface area (Å²) in [5.74, 6) is 0.921. The van der Waals surface area contributed by atoms with Crippen LogP contribution in [-0.2, 0) is 5.75 Å². The molecule has 2 heterocycles. The normalized spacial score (nSPS) is 10.5. The molecule has 0 saturated heterocycles. The zero-order valence-electron chi connectivity index (χ0n) is 6.93. The maximum absolute atomic E-state index is 4.36. The zero-order chi connectivity index (χ0) is 9.10. The molecule has 2 aromatic heterocycles. The number of nitrogens with zero attached hydrogens (tertiary/aromatic N) is 3. The Kier molecular flexibility index (Phi) is 2.92. The molecule has 0 aromatic carbocycles. The average Bonchev–Trinajstić information content (AvgIpc) is 2.71. The highest BCUT2D eigenvalue weighted by atomic mass is 32.2. The molecule has 6 heteroatoms. The van der Waals surface area contributed by atoms with Crippen LogP contribution in [-0.4, -0.2) is 14.6 Å². The quantitative estimate of drug-likeness (QED) is 0.758. The van der Waals surface area contributed by atoms with Gasteiger partial charge in [-0.1, -0.05) is 16.3 Å². The van der Waals surface area contributed by atoms with Crippen molar-refractivity contribution in [3.63, 3.8) is 0 Å². The van der Waals surface area contributed by atoms with E-state index in [-0.39, 0.29) is 0 Å². The first-order valence-corrected chi connectivity index (χ1v) is 6.29. The molecule has 3 nitrogen and oxygen atoms in total. The second-order valence-corrected chi connectivity index (χ2v) is 5.38. The van der Waals surface area contributed by atoms with Gasteiger partial charge in [0.1, 0.15) is 4.34 Å². The fourth-order valence-electron chi connectivity index (χ4n) is 0.783. The van der Waals surface area contributed by atoms with E-state index in [0.717, 1.165) is 15.8 Å². The summed E-state index contributed by atoms with van der Waals surface area (Å²) in [5, 5.41) is 5.84. The van der Waals surface area contributed by atoms with Crippen molar-refractivity contribution in [3.8, 4) is 0 Å². The molecule has 0 bridgehead atoms. The summed E-state index contributed by atoms with van der Waals surface area (Å²) in [6, 6.07) is 0. The van der Waals surface area contributed by atoms with Gasteiger partial charge in [0.15, 0.2) is 0 Å². The minimum absolute atomic E-state index is 0.921. The molecular weight excluding hydrogens is 222 g/mol. The van der Waals surface area contributed by atoms with Crippen LogP contribution in [0.1, 0.15) is 10.6 Å². The third-order valence-electron chi connectivity index (χ3n) is 1.34. The summed E-state index contributed by atoms with van der Waals surface area (Å²) in [7, 11) is 0. The van der Waals surface area contributed by atoms with E-state index in [0.29, 0.717) is 0 Å². The Bertz CT molecular complexity index is 368. The van der Waals surface area contributed by atoms with Gasteiger partial charge in [-0.3, -0.25) is 0 Å². The minimum Gasteiger partial charge on any atom is -0.235 e. The third kappa shape index (κ3) is 2.49. The molecule has 0 unspecified atom stereocenters. The predicted molar refractivity (Wildman–Crippen MR) is 56.3 cm³/mol. The lowest BCUT2D eigenvalue weighted by Gasteiger charge is -1.90. The predicted octanol–water partition coefficient (Wildman–Crippen LogP) is 2.60. The first-order valence-electron chi connectivity index (χ1n) is 3.66. The van der Waals surface area contributed by atoms with Crippen molar-refractivity contribution < 1.29 is 0 Å². The SMILES string of the molecule is Cc1csc(SCc2cnns2)n1. The molecule has 2 rings (SSSR count). The van der Waals surface area contributed by atoms with Crippen LogP contribution in [0.3, 0.4) is 0 Å². The van der Waals surface area contributed by atoms with Gasteiger partial charge in [0.25, 0.3) is 0 Å². The number of thiazole rings is 1. The van der Waals surface area contributed by atoms with Crippen molar-refractivity contribution in [2.24, 2.45) is 0 Å². The van der Waals surface area contributed by atoms with Gasteiger partial charge in [-0.05, 0) is 18.5 Å². The largest absolute Gasteiger partial charge is 0.235 e. The van der Waals surface area contributed by atoms with E-state index in [9.17, 15) is 0 Å². The molecule has 0 aliphatic carbocycles. The van der Waals surface area contributed by atoms with Gasteiger partial charge in [0, 0.05) is 16.8 Å². The van der Waals surface area contributed by atoms with Crippen LogP contribution >= 0.6 is 34.6 Å². The molecule has 13 heavy (non-hydrogen) atoms. The standard InChI is InChI=1S/C7H7N3S3/c1-5-3-11-7(9-5)12-4-6-2-8-10-13-6/h2-3H,4H2,1H3. The smallest absolute Gasteiger partial charge is 0.150 e. The second kappa shape index (κ2) is 4.17. The summed E-state index contributed by atoms with van der Waals surface area (Å²) in [5.41, 5.74) is 1.09. The van der Waals surface area contributed by atoms with E-state index in [1.807, 2.05) is 6.92 Å². The summed E-state index contributed by atoms with van der Waals surface area (Å²) in [4.78, 5) is 5.55. The fraction of sp³-hybridized carbons (Fsp3) is 0.286. The molecule has 0 aliphatic heterocycles. The molecule has 0 fully saturated rings. The number of hydrogen-bond donors (Lipinski definition) is 0. The molecule has 68 valence electrons. The van der Waals surface area contributed by atoms with Crippen molar-refractivity contribution in [3.05, 3.63) is 22.1 Å². The Labute approximate surface area is 88.4 Å². The Balaban J connectivity index is 1.93. The third-order valence-corrected chi connectivity index (χ3v) is 4.37. The van der Waals surface area contributed by atoms with Crippen LogP contribution < -0.4 is 0 Å². The average molecular weight is 229 g/mol. The van der Waals surface area contributed by atoms with E-state index in [2.05, 4.69) is 20.0 Å². The lowest BCUT2D eigenvalue weighted by Crippen LogP contribution is -1.74. The van der Waals surface area contributed by atoms with Crippen LogP contribution in [0.25, 0.3) is 0 Å². The molecule has 0 atom stereocenters. The zero-order valence-corrected chi connectivity index (χ0v) is 9.38. The van der Waals surface area contributed by atoms with Crippen molar-refractivity contribution in [2.75, 3.05) is 0 Å². The highest BCUT2D eigenvalue weighted by Crippen LogP contribution is 2.26. The minimum atomic E-state index is 0.921. The van der Waals surface area contributed by atoms with Crippen molar-refractivity contribution >= 4 is 34.6 Å². The first kappa shape index (κ1) is 9.11. The van der Waals surface area contributed by atoms with Gasteiger partial charge < -0.3 is 0 Å². The van der Waals surface area contributed by atoms with Gasteiger partial charge in [0.05, 0.1) is 11.1 Å². The lowest BCUT2D eigenvalue weighted by molar-refractivity contribution is 1.14. The monoisotopic (exact) mass is 229 g/mol. The molecule has 0 amide bonds. The summed E-state index contributed by atoms with van der Waals surface area (Å²) in [6.45, 7) is 2.01. The Morgan fingerprint density at radius 2 is 2.46 bits per heavy atom. The van der Waals surface area contributed by atoms with Gasteiger partial charge in [-0.25, -0.2) is 4.98 Å². The molecule has 0 N–H and O–H groups in total. The lowest BCUT2D eigenvalue weighted by atomic mass is 10.6. The summed E-state index contributed by atoms with van der Waals surface area (Å²) < 4.78 is 4.92. The van der Waals surface area contributed by atoms with E-state index in [1.165, 1.54) is 16.4 Å². The Morgan fingerprint density at radius 1 is 1.54 bits per heavy atom. The maximum Gasteiger partial charge on any atom is 0.150 e. The van der Waals surface area contributed by atoms with Crippen molar-refractivity contribution in [1.29, 1.82) is 0 Å². The number of aromatic nitrogens is 3. The number of rotatable bonds is 3. The fourth-order valence-corrected chi connectivity index (χ4v) is 3.13. The summed E-state index contributed by atoms with van der Waals surface area (Å²) in [6.07, 6.45) is 1.80. The van der Waals surface area contributed by atoms with E-state index < -0.39 is 0 Å². The van der Waals surface area contributed by atoms with Gasteiger partial charge in [-0.15, -0.1) is 16.4 Å². The molecule has 2 aromatic rings. The second-order valence-electron chi connectivity index (χ2n) is 2.43. The van der Waals surface area contributed by atoms with Gasteiger partial charge in [-0.2, -0.15) is 0 Å². The molecule has 0 spiro atoms. The summed E-state index contributed by atoms with van der Waals surface area (Å²) >= 11 is 4.87. The number of aryl methyl sites for hydroxylation is 1. The van der Waals surface area contributed by atoms with Gasteiger partial charge in [0.2, 0.25) is 0 Å². The van der Waals surface area contributed by atoms with Crippen LogP contribution in [0, 0.1) is 6.92 Å². The van der Waals surface area contributed by atoms with E-state index in [4.69, 9.17) is 0 Å². The van der Waals surface area contributed by atoms with Crippen LogP contribution in [0.4, 0.5) is 0 Å². The Morgan fingerprint density at radius 3 is 3.08 bits per heavy atom. The Hall–Kier alpha value is -0.460. The maximum atomic E-state index is 4.36. The highest BCUT2D eigenvalue weighted by Gasteiger charge is 2.01. The van der Waals surface area contributed by atoms with Crippen LogP contribution in [0.15, 0.2) is 15.9 Å². The van der Waals surface area contributed by atoms with Gasteiger partial charge >= 0.3 is 0 Å². The molecule has 0 saturated carbocycles. The van der Waals surface area contributed by atoms with E-state index in [1.54, 1.807) is 29.3 Å². The number of hydrogen-bond acceptors (Lipinski definition) is 6. The van der Waals surface area contributed by atoms with Crippen molar-refractivity contribution in [1.82, 2.24) is 14.6 Å².